The molecule has 0 radical (unpaired) electrons. The van der Waals surface area contributed by atoms with Crippen LogP contribution in [0.15, 0.2) is 59.5 Å². The summed E-state index contributed by atoms with van der Waals surface area (Å²) in [6.45, 7) is 3.26. The highest BCUT2D eigenvalue weighted by Gasteiger charge is 2.27. The molecule has 0 atom stereocenters. The lowest BCUT2D eigenvalue weighted by atomic mass is 9.94. The number of thioether (sulfide) groups is 1. The first-order chi connectivity index (χ1) is 11.4. The minimum atomic E-state index is -0.984. The maximum absolute atomic E-state index is 12.1. The van der Waals surface area contributed by atoms with Gasteiger partial charge in [-0.3, -0.25) is 9.59 Å². The van der Waals surface area contributed by atoms with Gasteiger partial charge in [-0.25, -0.2) is 0 Å². The zero-order valence-electron chi connectivity index (χ0n) is 13.8. The van der Waals surface area contributed by atoms with Crippen LogP contribution in [0.2, 0.25) is 0 Å². The molecule has 24 heavy (non-hydrogen) atoms. The Hall–Kier alpha value is -2.27. The van der Waals surface area contributed by atoms with Crippen molar-refractivity contribution < 1.29 is 14.7 Å². The summed E-state index contributed by atoms with van der Waals surface area (Å²) in [5.41, 5.74) is 0.679. The maximum Gasteiger partial charge on any atom is 0.310 e. The molecule has 5 heteroatoms. The van der Waals surface area contributed by atoms with E-state index in [0.717, 1.165) is 11.3 Å². The van der Waals surface area contributed by atoms with Crippen molar-refractivity contribution in [1.29, 1.82) is 0 Å². The van der Waals surface area contributed by atoms with Crippen LogP contribution in [0.1, 0.15) is 29.8 Å². The van der Waals surface area contributed by atoms with Crippen molar-refractivity contribution >= 4 is 23.6 Å². The number of carbonyl (C=O) groups excluding carboxylic acids is 1. The van der Waals surface area contributed by atoms with E-state index in [4.69, 9.17) is 5.11 Å². The molecule has 0 aromatic heterocycles. The standard InChI is InChI=1S/C19H21NO3S/c1-19(2,18(22)23)13-20-17(21)15-10-8-14(9-11-15)12-24-16-6-4-3-5-7-16/h3-11H,12-13H2,1-2H3,(H,20,21)(H,22,23). The predicted molar refractivity (Wildman–Crippen MR) is 96.2 cm³/mol. The molecule has 126 valence electrons. The summed E-state index contributed by atoms with van der Waals surface area (Å²) in [6.07, 6.45) is 0. The van der Waals surface area contributed by atoms with Gasteiger partial charge >= 0.3 is 5.97 Å². The molecule has 0 aliphatic rings. The van der Waals surface area contributed by atoms with Gasteiger partial charge in [-0.2, -0.15) is 0 Å². The van der Waals surface area contributed by atoms with Crippen molar-refractivity contribution in [3.8, 4) is 0 Å². The lowest BCUT2D eigenvalue weighted by Gasteiger charge is -2.19. The number of carbonyl (C=O) groups is 2. The number of hydrogen-bond acceptors (Lipinski definition) is 3. The van der Waals surface area contributed by atoms with Crippen molar-refractivity contribution in [3.63, 3.8) is 0 Å². The largest absolute Gasteiger partial charge is 0.481 e. The Morgan fingerprint density at radius 1 is 1.04 bits per heavy atom. The van der Waals surface area contributed by atoms with Crippen LogP contribution in [0.3, 0.4) is 0 Å². The van der Waals surface area contributed by atoms with E-state index in [0.29, 0.717) is 5.56 Å². The maximum atomic E-state index is 12.1. The summed E-state index contributed by atoms with van der Waals surface area (Å²) in [5, 5.41) is 11.7. The lowest BCUT2D eigenvalue weighted by molar-refractivity contribution is -0.146. The van der Waals surface area contributed by atoms with Crippen LogP contribution < -0.4 is 5.32 Å². The Balaban J connectivity index is 1.89. The zero-order chi connectivity index (χ0) is 17.6. The van der Waals surface area contributed by atoms with Gasteiger partial charge in [0, 0.05) is 22.8 Å². The highest BCUT2D eigenvalue weighted by molar-refractivity contribution is 7.98. The Labute approximate surface area is 146 Å². The minimum Gasteiger partial charge on any atom is -0.481 e. The van der Waals surface area contributed by atoms with E-state index in [1.807, 2.05) is 30.3 Å². The van der Waals surface area contributed by atoms with Gasteiger partial charge in [0.25, 0.3) is 5.91 Å². The molecule has 0 aliphatic carbocycles. The van der Waals surface area contributed by atoms with E-state index >= 15 is 0 Å². The molecule has 2 aromatic carbocycles. The Morgan fingerprint density at radius 3 is 2.25 bits per heavy atom. The van der Waals surface area contributed by atoms with Gasteiger partial charge in [-0.15, -0.1) is 11.8 Å². The van der Waals surface area contributed by atoms with E-state index in [-0.39, 0.29) is 12.5 Å². The molecule has 2 N–H and O–H groups in total. The molecular formula is C19H21NO3S. The zero-order valence-corrected chi connectivity index (χ0v) is 14.6. The Morgan fingerprint density at radius 2 is 1.67 bits per heavy atom. The van der Waals surface area contributed by atoms with Crippen LogP contribution in [0.25, 0.3) is 0 Å². The van der Waals surface area contributed by atoms with Gasteiger partial charge in [0.05, 0.1) is 5.41 Å². The van der Waals surface area contributed by atoms with Crippen LogP contribution in [-0.4, -0.2) is 23.5 Å². The van der Waals surface area contributed by atoms with Crippen LogP contribution >= 0.6 is 11.8 Å². The third-order valence-electron chi connectivity index (χ3n) is 3.63. The fraction of sp³-hybridized carbons (Fsp3) is 0.263. The number of hydrogen-bond donors (Lipinski definition) is 2. The number of rotatable bonds is 7. The molecule has 0 heterocycles. The monoisotopic (exact) mass is 343 g/mol. The number of benzene rings is 2. The van der Waals surface area contributed by atoms with Crippen molar-refractivity contribution in [2.75, 3.05) is 6.54 Å². The van der Waals surface area contributed by atoms with E-state index in [1.54, 1.807) is 37.7 Å². The van der Waals surface area contributed by atoms with E-state index < -0.39 is 11.4 Å². The molecular weight excluding hydrogens is 322 g/mol. The summed E-state index contributed by atoms with van der Waals surface area (Å²) in [7, 11) is 0. The van der Waals surface area contributed by atoms with Crippen molar-refractivity contribution in [1.82, 2.24) is 5.32 Å². The molecule has 0 aliphatic heterocycles. The number of carboxylic acids is 1. The van der Waals surface area contributed by atoms with Crippen molar-refractivity contribution in [2.24, 2.45) is 5.41 Å². The molecule has 0 unspecified atom stereocenters. The fourth-order valence-corrected chi connectivity index (χ4v) is 2.79. The van der Waals surface area contributed by atoms with Gasteiger partial charge in [0.15, 0.2) is 0 Å². The summed E-state index contributed by atoms with van der Waals surface area (Å²) < 4.78 is 0. The lowest BCUT2D eigenvalue weighted by Crippen LogP contribution is -2.38. The van der Waals surface area contributed by atoms with Gasteiger partial charge < -0.3 is 10.4 Å². The van der Waals surface area contributed by atoms with E-state index in [2.05, 4.69) is 17.4 Å². The smallest absolute Gasteiger partial charge is 0.310 e. The summed E-state index contributed by atoms with van der Waals surface area (Å²) in [4.78, 5) is 24.3. The molecule has 1 amide bonds. The van der Waals surface area contributed by atoms with E-state index in [1.165, 1.54) is 4.90 Å². The first kappa shape index (κ1) is 18.1. The molecule has 2 aromatic rings. The molecule has 0 fully saturated rings. The third-order valence-corrected chi connectivity index (χ3v) is 4.72. The quantitative estimate of drug-likeness (QED) is 0.750. The second kappa shape index (κ2) is 8.02. The topological polar surface area (TPSA) is 66.4 Å². The molecule has 4 nitrogen and oxygen atoms in total. The average Bonchev–Trinajstić information content (AvgIpc) is 2.59. The Bertz CT molecular complexity index is 696. The molecule has 2 rings (SSSR count). The average molecular weight is 343 g/mol. The first-order valence-electron chi connectivity index (χ1n) is 7.67. The van der Waals surface area contributed by atoms with Gasteiger partial charge in [-0.05, 0) is 43.7 Å². The van der Waals surface area contributed by atoms with Gasteiger partial charge in [0.2, 0.25) is 0 Å². The molecule has 0 spiro atoms. The highest BCUT2D eigenvalue weighted by atomic mass is 32.2. The SMILES string of the molecule is CC(C)(CNC(=O)c1ccc(CSc2ccccc2)cc1)C(=O)O. The molecule has 0 saturated carbocycles. The summed E-state index contributed by atoms with van der Waals surface area (Å²) >= 11 is 1.74. The molecule has 0 bridgehead atoms. The van der Waals surface area contributed by atoms with Crippen molar-refractivity contribution in [3.05, 3.63) is 65.7 Å². The number of amides is 1. The fourth-order valence-electron chi connectivity index (χ4n) is 1.91. The van der Waals surface area contributed by atoms with Gasteiger partial charge in [-0.1, -0.05) is 30.3 Å². The first-order valence-corrected chi connectivity index (χ1v) is 8.65. The minimum absolute atomic E-state index is 0.0901. The normalized spacial score (nSPS) is 11.1. The molecule has 0 saturated heterocycles. The van der Waals surface area contributed by atoms with Crippen LogP contribution in [0.5, 0.6) is 0 Å². The van der Waals surface area contributed by atoms with Crippen LogP contribution in [0.4, 0.5) is 0 Å². The van der Waals surface area contributed by atoms with Crippen LogP contribution in [0, 0.1) is 5.41 Å². The second-order valence-electron chi connectivity index (χ2n) is 6.17. The van der Waals surface area contributed by atoms with Gasteiger partial charge in [0.1, 0.15) is 0 Å². The third kappa shape index (κ3) is 5.13. The van der Waals surface area contributed by atoms with E-state index in [9.17, 15) is 9.59 Å². The predicted octanol–water partition coefficient (Wildman–Crippen LogP) is 3.82. The number of carboxylic acid groups (broad SMARTS) is 1. The summed E-state index contributed by atoms with van der Waals surface area (Å²) in [5.74, 6) is -0.361. The number of nitrogens with one attached hydrogen (secondary N) is 1. The summed E-state index contributed by atoms with van der Waals surface area (Å²) in [6, 6.07) is 17.5. The second-order valence-corrected chi connectivity index (χ2v) is 7.22. The van der Waals surface area contributed by atoms with Crippen molar-refractivity contribution in [2.45, 2.75) is 24.5 Å². The van der Waals surface area contributed by atoms with Crippen LogP contribution in [-0.2, 0) is 10.5 Å². The Kier molecular flexibility index (Phi) is 6.04. The number of aliphatic carboxylic acids is 1. The highest BCUT2D eigenvalue weighted by Crippen LogP contribution is 2.22.